The Morgan fingerprint density at radius 1 is 0.943 bits per heavy atom. The van der Waals surface area contributed by atoms with Gasteiger partial charge < -0.3 is 15.6 Å². The minimum atomic E-state index is 0.187. The summed E-state index contributed by atoms with van der Waals surface area (Å²) in [5.41, 5.74) is 12.1. The van der Waals surface area contributed by atoms with Crippen LogP contribution < -0.4 is 10.6 Å². The van der Waals surface area contributed by atoms with Crippen LogP contribution in [0.1, 0.15) is 4.88 Å². The Balaban J connectivity index is 1.31. The van der Waals surface area contributed by atoms with Gasteiger partial charge in [0, 0.05) is 30.2 Å². The van der Waals surface area contributed by atoms with E-state index >= 15 is 0 Å². The van der Waals surface area contributed by atoms with Gasteiger partial charge in [-0.05, 0) is 37.3 Å². The number of nitrogens with one attached hydrogen (secondary N) is 2. The third kappa shape index (κ3) is 3.35. The number of nitrogens with zero attached hydrogens (tertiary/aromatic N) is 7. The number of anilines is 1. The molecule has 7 rings (SSSR count). The van der Waals surface area contributed by atoms with Crippen LogP contribution in [0.5, 0.6) is 0 Å². The maximum atomic E-state index is 5.92. The van der Waals surface area contributed by atoms with Gasteiger partial charge >= 0.3 is 0 Å². The molecule has 0 radical (unpaired) electrons. The molecule has 0 bridgehead atoms. The number of thiophene rings is 1. The lowest BCUT2D eigenvalue weighted by Gasteiger charge is -2.37. The van der Waals surface area contributed by atoms with Crippen molar-refractivity contribution in [2.75, 3.05) is 18.0 Å². The van der Waals surface area contributed by atoms with E-state index in [0.29, 0.717) is 28.4 Å². The fraction of sp³-hybridized carbons (Fsp3) is 0.167. The standard InChI is InChI=1S/C24H20N10S/c1-12-2-5-18(35-12)22-20-15(6-7-27-22)30-24(31-20)23-21-16(32-33-23)4-3-14(29-21)17-8-26-9-19(28-17)34-10-13(25)11-34/h2-9,13H,10-11,25H2,1H3,(H,30,31)(H,32,33). The Hall–Kier alpha value is -4.22. The Labute approximate surface area is 203 Å². The first-order valence-corrected chi connectivity index (χ1v) is 12.0. The van der Waals surface area contributed by atoms with Gasteiger partial charge in [0.25, 0.3) is 0 Å². The maximum absolute atomic E-state index is 5.92. The minimum absolute atomic E-state index is 0.187. The predicted molar refractivity (Wildman–Crippen MR) is 136 cm³/mol. The number of imidazole rings is 1. The number of aromatic amines is 2. The van der Waals surface area contributed by atoms with Crippen molar-refractivity contribution in [3.8, 4) is 33.5 Å². The topological polar surface area (TPSA) is 138 Å². The molecule has 4 N–H and O–H groups in total. The lowest BCUT2D eigenvalue weighted by atomic mass is 10.1. The molecule has 0 amide bonds. The lowest BCUT2D eigenvalue weighted by Crippen LogP contribution is -2.56. The van der Waals surface area contributed by atoms with Crippen molar-refractivity contribution in [1.29, 1.82) is 0 Å². The zero-order chi connectivity index (χ0) is 23.5. The minimum Gasteiger partial charge on any atom is -0.352 e. The SMILES string of the molecule is Cc1ccc(-c2nccc3[nH]c(-c4n[nH]c5ccc(-c6cncc(N7CC(N)C7)n6)nc45)nc23)s1. The summed E-state index contributed by atoms with van der Waals surface area (Å²) in [4.78, 5) is 31.3. The second kappa shape index (κ2) is 7.65. The zero-order valence-electron chi connectivity index (χ0n) is 18.7. The quantitative estimate of drug-likeness (QED) is 0.348. The zero-order valence-corrected chi connectivity index (χ0v) is 19.5. The van der Waals surface area contributed by atoms with Crippen LogP contribution in [0.15, 0.2) is 48.9 Å². The number of aryl methyl sites for hydroxylation is 1. The summed E-state index contributed by atoms with van der Waals surface area (Å²) in [5.74, 6) is 1.44. The molecule has 1 aliphatic heterocycles. The Bertz CT molecular complexity index is 1710. The fourth-order valence-electron chi connectivity index (χ4n) is 4.33. The molecule has 1 aliphatic rings. The van der Waals surface area contributed by atoms with Crippen molar-refractivity contribution in [2.45, 2.75) is 13.0 Å². The van der Waals surface area contributed by atoms with Gasteiger partial charge in [-0.3, -0.25) is 15.1 Å². The van der Waals surface area contributed by atoms with Crippen LogP contribution in [0.25, 0.3) is 55.5 Å². The molecule has 0 unspecified atom stereocenters. The predicted octanol–water partition coefficient (Wildman–Crippen LogP) is 3.54. The van der Waals surface area contributed by atoms with Crippen molar-refractivity contribution >= 4 is 39.2 Å². The molecule has 35 heavy (non-hydrogen) atoms. The molecule has 1 fully saturated rings. The van der Waals surface area contributed by atoms with Crippen LogP contribution in [0.2, 0.25) is 0 Å². The van der Waals surface area contributed by atoms with E-state index in [1.807, 2.05) is 18.2 Å². The lowest BCUT2D eigenvalue weighted by molar-refractivity contribution is 0.514. The number of pyridine rings is 2. The van der Waals surface area contributed by atoms with Crippen LogP contribution in [0, 0.1) is 6.92 Å². The van der Waals surface area contributed by atoms with E-state index < -0.39 is 0 Å². The molecule has 11 heteroatoms. The second-order valence-electron chi connectivity index (χ2n) is 8.64. The Morgan fingerprint density at radius 3 is 2.66 bits per heavy atom. The summed E-state index contributed by atoms with van der Waals surface area (Å²) in [5, 5.41) is 7.59. The average Bonchev–Trinajstić information content (AvgIpc) is 3.59. The molecule has 172 valence electrons. The third-order valence-electron chi connectivity index (χ3n) is 6.12. The number of fused-ring (bicyclic) bond motifs is 2. The van der Waals surface area contributed by atoms with Gasteiger partial charge in [0.2, 0.25) is 0 Å². The van der Waals surface area contributed by atoms with E-state index in [0.717, 1.165) is 46.0 Å². The summed E-state index contributed by atoms with van der Waals surface area (Å²) in [7, 11) is 0. The van der Waals surface area contributed by atoms with Crippen molar-refractivity contribution in [2.24, 2.45) is 5.73 Å². The maximum Gasteiger partial charge on any atom is 0.161 e. The number of hydrogen-bond donors (Lipinski definition) is 3. The molecule has 6 aromatic heterocycles. The average molecular weight is 481 g/mol. The van der Waals surface area contributed by atoms with Crippen LogP contribution in [-0.4, -0.2) is 59.2 Å². The number of nitrogens with two attached hydrogens (primary N) is 1. The van der Waals surface area contributed by atoms with E-state index in [1.165, 1.54) is 4.88 Å². The first-order valence-electron chi connectivity index (χ1n) is 11.2. The highest BCUT2D eigenvalue weighted by Gasteiger charge is 2.25. The smallest absolute Gasteiger partial charge is 0.161 e. The highest BCUT2D eigenvalue weighted by atomic mass is 32.1. The van der Waals surface area contributed by atoms with Gasteiger partial charge in [-0.1, -0.05) is 0 Å². The largest absolute Gasteiger partial charge is 0.352 e. The molecule has 0 aliphatic carbocycles. The fourth-order valence-corrected chi connectivity index (χ4v) is 5.19. The van der Waals surface area contributed by atoms with Gasteiger partial charge in [0.15, 0.2) is 11.5 Å². The van der Waals surface area contributed by atoms with Crippen molar-refractivity contribution in [1.82, 2.24) is 40.1 Å². The van der Waals surface area contributed by atoms with E-state index in [9.17, 15) is 0 Å². The second-order valence-corrected chi connectivity index (χ2v) is 9.93. The summed E-state index contributed by atoms with van der Waals surface area (Å²) >= 11 is 1.70. The highest BCUT2D eigenvalue weighted by molar-refractivity contribution is 7.15. The molecule has 10 nitrogen and oxygen atoms in total. The van der Waals surface area contributed by atoms with Gasteiger partial charge in [0.05, 0.1) is 34.0 Å². The van der Waals surface area contributed by atoms with Crippen LogP contribution in [-0.2, 0) is 0 Å². The van der Waals surface area contributed by atoms with Crippen LogP contribution in [0.3, 0.4) is 0 Å². The molecule has 0 atom stereocenters. The highest BCUT2D eigenvalue weighted by Crippen LogP contribution is 2.33. The summed E-state index contributed by atoms with van der Waals surface area (Å²) in [6, 6.07) is 10.1. The summed E-state index contributed by atoms with van der Waals surface area (Å²) < 4.78 is 0. The van der Waals surface area contributed by atoms with Gasteiger partial charge in [-0.15, -0.1) is 11.3 Å². The first-order chi connectivity index (χ1) is 17.1. The number of hydrogen-bond acceptors (Lipinski definition) is 9. The monoisotopic (exact) mass is 480 g/mol. The molecule has 1 saturated heterocycles. The molecular weight excluding hydrogens is 460 g/mol. The number of H-pyrrole nitrogens is 2. The first kappa shape index (κ1) is 20.2. The van der Waals surface area contributed by atoms with Crippen LogP contribution >= 0.6 is 11.3 Å². The third-order valence-corrected chi connectivity index (χ3v) is 7.13. The van der Waals surface area contributed by atoms with E-state index in [4.69, 9.17) is 20.7 Å². The van der Waals surface area contributed by atoms with Crippen molar-refractivity contribution in [3.63, 3.8) is 0 Å². The molecule has 0 aromatic carbocycles. The van der Waals surface area contributed by atoms with Crippen molar-refractivity contribution in [3.05, 3.63) is 53.8 Å². The number of aromatic nitrogens is 8. The van der Waals surface area contributed by atoms with E-state index in [2.05, 4.69) is 49.1 Å². The van der Waals surface area contributed by atoms with E-state index in [-0.39, 0.29) is 6.04 Å². The molecule has 0 spiro atoms. The molecular formula is C24H20N10S. The molecule has 0 saturated carbocycles. The van der Waals surface area contributed by atoms with Gasteiger partial charge in [0.1, 0.15) is 28.2 Å². The van der Waals surface area contributed by atoms with Gasteiger partial charge in [-0.25, -0.2) is 15.0 Å². The molecule has 6 aromatic rings. The van der Waals surface area contributed by atoms with Crippen LogP contribution in [0.4, 0.5) is 5.82 Å². The summed E-state index contributed by atoms with van der Waals surface area (Å²) in [6.07, 6.45) is 5.27. The van der Waals surface area contributed by atoms with E-state index in [1.54, 1.807) is 29.9 Å². The molecule has 7 heterocycles. The Kier molecular flexibility index (Phi) is 4.41. The Morgan fingerprint density at radius 2 is 1.83 bits per heavy atom. The van der Waals surface area contributed by atoms with Gasteiger partial charge in [-0.2, -0.15) is 5.10 Å². The number of rotatable bonds is 4. The summed E-state index contributed by atoms with van der Waals surface area (Å²) in [6.45, 7) is 3.65. The normalized spacial score (nSPS) is 14.2. The van der Waals surface area contributed by atoms with Crippen molar-refractivity contribution < 1.29 is 0 Å².